The maximum Gasteiger partial charge on any atom is 0.391 e. The highest BCUT2D eigenvalue weighted by Crippen LogP contribution is 2.45. The molecule has 0 bridgehead atoms. The van der Waals surface area contributed by atoms with Crippen LogP contribution in [-0.2, 0) is 28.5 Å². The molecular weight excluding hydrogens is 471 g/mol. The molecule has 1 aliphatic heterocycles. The van der Waals surface area contributed by atoms with Crippen molar-refractivity contribution >= 4 is 5.91 Å². The van der Waals surface area contributed by atoms with E-state index in [2.05, 4.69) is 5.32 Å². The quantitative estimate of drug-likeness (QED) is 0.179. The van der Waals surface area contributed by atoms with E-state index < -0.39 is 79.7 Å². The van der Waals surface area contributed by atoms with Crippen LogP contribution in [0.25, 0.3) is 0 Å². The smallest absolute Gasteiger partial charge is 0.391 e. The molecular formula is C20H34F3NO10. The summed E-state index contributed by atoms with van der Waals surface area (Å²) in [7, 11) is 0. The van der Waals surface area contributed by atoms with Gasteiger partial charge < -0.3 is 49.4 Å². The van der Waals surface area contributed by atoms with E-state index in [0.29, 0.717) is 0 Å². The molecule has 0 radical (unpaired) electrons. The summed E-state index contributed by atoms with van der Waals surface area (Å²) in [6.45, 7) is 3.49. The second-order valence-corrected chi connectivity index (χ2v) is 7.32. The van der Waals surface area contributed by atoms with Crippen molar-refractivity contribution in [2.24, 2.45) is 0 Å². The number of amides is 1. The van der Waals surface area contributed by atoms with Crippen molar-refractivity contribution in [1.29, 1.82) is 0 Å². The zero-order chi connectivity index (χ0) is 26.2. The Labute approximate surface area is 195 Å². The topological polar surface area (TPSA) is 156 Å². The number of nitrogens with one attached hydrogen (secondary N) is 1. The summed E-state index contributed by atoms with van der Waals surface area (Å²) in [5, 5.41) is 43.0. The summed E-state index contributed by atoms with van der Waals surface area (Å²) in [6, 6.07) is -1.46. The molecule has 1 fully saturated rings. The van der Waals surface area contributed by atoms with Crippen LogP contribution in [0.3, 0.4) is 0 Å². The minimum Gasteiger partial charge on any atom is -0.506 e. The van der Waals surface area contributed by atoms with Crippen LogP contribution < -0.4 is 5.32 Å². The number of alkyl halides is 3. The van der Waals surface area contributed by atoms with Crippen LogP contribution >= 0.6 is 0 Å². The SMILES string of the molecule is CCOC(OCC)(OCC)[C@]1(OCCC(F)(F)F)C[C@H](O)[C@@H](NC(C)=O)C(=C(O)[C@H](O)CO)O1. The number of hydrogen-bond donors (Lipinski definition) is 5. The van der Waals surface area contributed by atoms with Gasteiger partial charge in [0.25, 0.3) is 5.79 Å². The van der Waals surface area contributed by atoms with Gasteiger partial charge in [0.05, 0.1) is 32.2 Å². The first-order valence-electron chi connectivity index (χ1n) is 10.8. The van der Waals surface area contributed by atoms with Crippen molar-refractivity contribution < 1.29 is 62.1 Å². The van der Waals surface area contributed by atoms with Gasteiger partial charge in [-0.1, -0.05) is 0 Å². The number of aliphatic hydroxyl groups is 4. The second kappa shape index (κ2) is 12.9. The summed E-state index contributed by atoms with van der Waals surface area (Å²) in [6.07, 6.45) is -10.2. The lowest BCUT2D eigenvalue weighted by molar-refractivity contribution is -0.500. The summed E-state index contributed by atoms with van der Waals surface area (Å²) in [5.74, 6) is -7.09. The molecule has 5 N–H and O–H groups in total. The third kappa shape index (κ3) is 7.41. The molecule has 0 unspecified atom stereocenters. The molecule has 0 spiro atoms. The Hall–Kier alpha value is -1.68. The molecule has 0 aromatic carbocycles. The molecule has 0 aromatic rings. The van der Waals surface area contributed by atoms with E-state index in [4.69, 9.17) is 23.7 Å². The van der Waals surface area contributed by atoms with Gasteiger partial charge >= 0.3 is 12.1 Å². The van der Waals surface area contributed by atoms with Crippen molar-refractivity contribution in [3.05, 3.63) is 11.5 Å². The zero-order valence-corrected chi connectivity index (χ0v) is 19.6. The average Bonchev–Trinajstić information content (AvgIpc) is 2.73. The van der Waals surface area contributed by atoms with E-state index in [-0.39, 0.29) is 19.8 Å². The van der Waals surface area contributed by atoms with Crippen LogP contribution in [-0.4, -0.2) is 95.6 Å². The van der Waals surface area contributed by atoms with Gasteiger partial charge in [-0.3, -0.25) is 4.79 Å². The number of hydrogen-bond acceptors (Lipinski definition) is 10. The Kier molecular flexibility index (Phi) is 11.5. The molecule has 1 saturated heterocycles. The highest BCUT2D eigenvalue weighted by Gasteiger charge is 2.64. The van der Waals surface area contributed by atoms with E-state index in [0.717, 1.165) is 6.92 Å². The molecule has 0 saturated carbocycles. The fraction of sp³-hybridized carbons (Fsp3) is 0.850. The summed E-state index contributed by atoms with van der Waals surface area (Å²) >= 11 is 0. The van der Waals surface area contributed by atoms with Crippen LogP contribution in [0.4, 0.5) is 13.2 Å². The molecule has 14 heteroatoms. The Morgan fingerprint density at radius 2 is 1.74 bits per heavy atom. The van der Waals surface area contributed by atoms with Gasteiger partial charge in [0, 0.05) is 26.7 Å². The second-order valence-electron chi connectivity index (χ2n) is 7.32. The Balaban J connectivity index is 3.72. The van der Waals surface area contributed by atoms with Crippen LogP contribution in [0.1, 0.15) is 40.5 Å². The number of ether oxygens (including phenoxy) is 5. The minimum absolute atomic E-state index is 0.0940. The third-order valence-electron chi connectivity index (χ3n) is 4.71. The first kappa shape index (κ1) is 30.4. The lowest BCUT2D eigenvalue weighted by atomic mass is 9.92. The number of aliphatic hydroxyl groups excluding tert-OH is 4. The maximum atomic E-state index is 12.9. The van der Waals surface area contributed by atoms with Crippen molar-refractivity contribution in [2.75, 3.05) is 33.0 Å². The minimum atomic E-state index is -4.60. The lowest BCUT2D eigenvalue weighted by Crippen LogP contribution is -2.68. The van der Waals surface area contributed by atoms with Gasteiger partial charge in [-0.15, -0.1) is 0 Å². The number of rotatable bonds is 13. The van der Waals surface area contributed by atoms with E-state index in [1.807, 2.05) is 0 Å². The predicted molar refractivity (Wildman–Crippen MR) is 109 cm³/mol. The van der Waals surface area contributed by atoms with Crippen LogP contribution in [0.15, 0.2) is 11.5 Å². The van der Waals surface area contributed by atoms with E-state index in [9.17, 15) is 38.4 Å². The molecule has 0 aromatic heterocycles. The Bertz CT molecular complexity index is 673. The number of carbonyl (C=O) groups is 1. The van der Waals surface area contributed by atoms with Crippen molar-refractivity contribution in [3.63, 3.8) is 0 Å². The molecule has 1 rings (SSSR count). The van der Waals surface area contributed by atoms with Crippen LogP contribution in [0, 0.1) is 0 Å². The van der Waals surface area contributed by atoms with Crippen molar-refractivity contribution in [3.8, 4) is 0 Å². The summed E-state index contributed by atoms with van der Waals surface area (Å²) in [5.41, 5.74) is 0. The highest BCUT2D eigenvalue weighted by molar-refractivity contribution is 5.73. The molecule has 0 aliphatic carbocycles. The largest absolute Gasteiger partial charge is 0.506 e. The fourth-order valence-electron chi connectivity index (χ4n) is 3.41. The molecule has 11 nitrogen and oxygen atoms in total. The Morgan fingerprint density at radius 3 is 2.15 bits per heavy atom. The average molecular weight is 505 g/mol. The van der Waals surface area contributed by atoms with Gasteiger partial charge in [0.2, 0.25) is 5.91 Å². The van der Waals surface area contributed by atoms with Gasteiger partial charge in [-0.25, -0.2) is 0 Å². The normalized spacial score (nSPS) is 26.1. The predicted octanol–water partition coefficient (Wildman–Crippen LogP) is 0.824. The summed E-state index contributed by atoms with van der Waals surface area (Å²) in [4.78, 5) is 11.7. The lowest BCUT2D eigenvalue weighted by Gasteiger charge is -2.51. The number of halogens is 3. The molecule has 34 heavy (non-hydrogen) atoms. The number of carbonyl (C=O) groups excluding carboxylic acids is 1. The maximum absolute atomic E-state index is 12.9. The standard InChI is InChI=1S/C20H34F3NO10/c1-5-30-20(31-6-2,32-7-3)18(33-9-8-19(21,22)23)10-13(27)15(24-12(4)26)17(34-18)16(29)14(28)11-25/h13-15,25,27-29H,5-11H2,1-4H3,(H,24,26)/t13-,14+,15+,18-/m0/s1. The monoisotopic (exact) mass is 505 g/mol. The third-order valence-corrected chi connectivity index (χ3v) is 4.71. The first-order chi connectivity index (χ1) is 15.8. The first-order valence-corrected chi connectivity index (χ1v) is 10.8. The fourth-order valence-corrected chi connectivity index (χ4v) is 3.41. The van der Waals surface area contributed by atoms with Gasteiger partial charge in [-0.2, -0.15) is 13.2 Å². The summed E-state index contributed by atoms with van der Waals surface area (Å²) < 4.78 is 66.9. The van der Waals surface area contributed by atoms with Gasteiger partial charge in [-0.05, 0) is 20.8 Å². The molecule has 1 aliphatic rings. The van der Waals surface area contributed by atoms with Gasteiger partial charge in [0.15, 0.2) is 11.5 Å². The van der Waals surface area contributed by atoms with E-state index >= 15 is 0 Å². The van der Waals surface area contributed by atoms with E-state index in [1.54, 1.807) is 20.8 Å². The van der Waals surface area contributed by atoms with Crippen molar-refractivity contribution in [2.45, 2.75) is 76.7 Å². The molecule has 1 amide bonds. The molecule has 4 atom stereocenters. The highest BCUT2D eigenvalue weighted by atomic mass is 19.4. The van der Waals surface area contributed by atoms with Crippen molar-refractivity contribution in [1.82, 2.24) is 5.32 Å². The van der Waals surface area contributed by atoms with E-state index in [1.165, 1.54) is 0 Å². The molecule has 200 valence electrons. The zero-order valence-electron chi connectivity index (χ0n) is 19.6. The van der Waals surface area contributed by atoms with Crippen LogP contribution in [0.2, 0.25) is 0 Å². The van der Waals surface area contributed by atoms with Crippen LogP contribution in [0.5, 0.6) is 0 Å². The Morgan fingerprint density at radius 1 is 1.21 bits per heavy atom. The van der Waals surface area contributed by atoms with Gasteiger partial charge in [0.1, 0.15) is 12.1 Å². The molecule has 1 heterocycles.